The predicted octanol–water partition coefficient (Wildman–Crippen LogP) is 3.59. The molecular weight excluding hydrogens is 253 g/mol. The second-order valence-corrected chi connectivity index (χ2v) is 3.88. The fourth-order valence-electron chi connectivity index (χ4n) is 1.62. The van der Waals surface area contributed by atoms with Crippen LogP contribution >= 0.6 is 0 Å². The zero-order chi connectivity index (χ0) is 13.8. The van der Waals surface area contributed by atoms with E-state index < -0.39 is 17.5 Å². The summed E-state index contributed by atoms with van der Waals surface area (Å²) in [6.45, 7) is 0.153. The van der Waals surface area contributed by atoms with Crippen LogP contribution in [-0.4, -0.2) is 0 Å². The van der Waals surface area contributed by atoms with Gasteiger partial charge >= 0.3 is 0 Å². The summed E-state index contributed by atoms with van der Waals surface area (Å²) in [5, 5.41) is 11.2. The quantitative estimate of drug-likeness (QED) is 0.917. The molecule has 2 rings (SSSR count). The molecule has 0 bridgehead atoms. The van der Waals surface area contributed by atoms with Crippen LogP contribution in [0.5, 0.6) is 0 Å². The molecule has 19 heavy (non-hydrogen) atoms. The molecule has 0 radical (unpaired) electrons. The van der Waals surface area contributed by atoms with E-state index in [1.54, 1.807) is 12.1 Å². The fraction of sp³-hybridized carbons (Fsp3) is 0.0714. The number of anilines is 1. The number of benzene rings is 2. The molecule has 0 aliphatic rings. The van der Waals surface area contributed by atoms with Gasteiger partial charge < -0.3 is 5.32 Å². The summed E-state index contributed by atoms with van der Waals surface area (Å²) in [5.74, 6) is -2.70. The highest BCUT2D eigenvalue weighted by Crippen LogP contribution is 2.20. The van der Waals surface area contributed by atoms with Gasteiger partial charge in [0.25, 0.3) is 0 Å². The third-order valence-corrected chi connectivity index (χ3v) is 2.57. The molecule has 0 amide bonds. The average molecular weight is 262 g/mol. The highest BCUT2D eigenvalue weighted by molar-refractivity contribution is 5.50. The van der Waals surface area contributed by atoms with Crippen LogP contribution in [0.25, 0.3) is 0 Å². The normalized spacial score (nSPS) is 10.0. The van der Waals surface area contributed by atoms with E-state index in [0.717, 1.165) is 0 Å². The molecule has 0 unspecified atom stereocenters. The Hall–Kier alpha value is -2.48. The molecular formula is C14H9F3N2. The first kappa shape index (κ1) is 13.0. The molecule has 2 aromatic carbocycles. The number of rotatable bonds is 3. The summed E-state index contributed by atoms with van der Waals surface area (Å²) in [7, 11) is 0. The molecule has 0 aliphatic carbocycles. The molecule has 0 heterocycles. The Labute approximate surface area is 108 Å². The maximum atomic E-state index is 13.6. The summed E-state index contributed by atoms with van der Waals surface area (Å²) < 4.78 is 39.9. The van der Waals surface area contributed by atoms with Gasteiger partial charge in [-0.25, -0.2) is 13.2 Å². The second-order valence-electron chi connectivity index (χ2n) is 3.88. The first-order valence-corrected chi connectivity index (χ1v) is 5.48. The summed E-state index contributed by atoms with van der Waals surface area (Å²) >= 11 is 0. The maximum Gasteiger partial charge on any atom is 0.183 e. The van der Waals surface area contributed by atoms with Gasteiger partial charge in [-0.1, -0.05) is 12.1 Å². The average Bonchev–Trinajstić information content (AvgIpc) is 2.41. The molecule has 2 nitrogen and oxygen atoms in total. The van der Waals surface area contributed by atoms with Crippen molar-refractivity contribution < 1.29 is 13.2 Å². The van der Waals surface area contributed by atoms with Gasteiger partial charge in [0, 0.05) is 6.54 Å². The molecule has 2 aromatic rings. The van der Waals surface area contributed by atoms with Crippen LogP contribution in [0, 0.1) is 28.8 Å². The van der Waals surface area contributed by atoms with Gasteiger partial charge in [0.15, 0.2) is 11.6 Å². The van der Waals surface area contributed by atoms with E-state index in [9.17, 15) is 13.2 Å². The molecule has 0 aliphatic heterocycles. The lowest BCUT2D eigenvalue weighted by Crippen LogP contribution is -2.04. The smallest absolute Gasteiger partial charge is 0.183 e. The Morgan fingerprint density at radius 2 is 1.84 bits per heavy atom. The molecule has 0 atom stereocenters. The highest BCUT2D eigenvalue weighted by atomic mass is 19.2. The van der Waals surface area contributed by atoms with Gasteiger partial charge in [0.05, 0.1) is 11.3 Å². The van der Waals surface area contributed by atoms with Crippen LogP contribution < -0.4 is 5.32 Å². The van der Waals surface area contributed by atoms with E-state index in [2.05, 4.69) is 5.32 Å². The monoisotopic (exact) mass is 262 g/mol. The molecule has 0 saturated heterocycles. The van der Waals surface area contributed by atoms with Gasteiger partial charge in [-0.15, -0.1) is 0 Å². The lowest BCUT2D eigenvalue weighted by atomic mass is 10.1. The van der Waals surface area contributed by atoms with Crippen molar-refractivity contribution in [1.82, 2.24) is 0 Å². The van der Waals surface area contributed by atoms with E-state index >= 15 is 0 Å². The Morgan fingerprint density at radius 3 is 2.53 bits per heavy atom. The van der Waals surface area contributed by atoms with Crippen LogP contribution in [0.3, 0.4) is 0 Å². The van der Waals surface area contributed by atoms with Crippen molar-refractivity contribution in [3.05, 3.63) is 65.0 Å². The minimum Gasteiger partial charge on any atom is -0.379 e. The van der Waals surface area contributed by atoms with Crippen molar-refractivity contribution in [2.75, 3.05) is 5.32 Å². The lowest BCUT2D eigenvalue weighted by Gasteiger charge is -2.08. The molecule has 0 saturated carbocycles. The maximum absolute atomic E-state index is 13.6. The van der Waals surface area contributed by atoms with Gasteiger partial charge in [0.1, 0.15) is 11.9 Å². The predicted molar refractivity (Wildman–Crippen MR) is 64.8 cm³/mol. The summed E-state index contributed by atoms with van der Waals surface area (Å²) in [4.78, 5) is 0. The van der Waals surface area contributed by atoms with Crippen molar-refractivity contribution in [3.63, 3.8) is 0 Å². The van der Waals surface area contributed by atoms with E-state index in [1.807, 2.05) is 0 Å². The van der Waals surface area contributed by atoms with Crippen LogP contribution in [0.15, 0.2) is 36.4 Å². The summed E-state index contributed by atoms with van der Waals surface area (Å²) in [5.41, 5.74) is 0.179. The summed E-state index contributed by atoms with van der Waals surface area (Å²) in [6, 6.07) is 9.80. The number of nitriles is 1. The SMILES string of the molecule is N#Cc1ccc(NCc2cccc(F)c2)c(F)c1F. The van der Waals surface area contributed by atoms with Crippen LogP contribution in [0.2, 0.25) is 0 Å². The van der Waals surface area contributed by atoms with Crippen LogP contribution in [0.1, 0.15) is 11.1 Å². The summed E-state index contributed by atoms with van der Waals surface area (Å²) in [6.07, 6.45) is 0. The van der Waals surface area contributed by atoms with E-state index in [4.69, 9.17) is 5.26 Å². The first-order valence-electron chi connectivity index (χ1n) is 5.48. The molecule has 1 N–H and O–H groups in total. The van der Waals surface area contributed by atoms with Crippen molar-refractivity contribution in [2.24, 2.45) is 0 Å². The van der Waals surface area contributed by atoms with E-state index in [-0.39, 0.29) is 17.8 Å². The van der Waals surface area contributed by atoms with Crippen molar-refractivity contribution >= 4 is 5.69 Å². The topological polar surface area (TPSA) is 35.8 Å². The van der Waals surface area contributed by atoms with E-state index in [1.165, 1.54) is 30.3 Å². The molecule has 0 aromatic heterocycles. The first-order chi connectivity index (χ1) is 9.11. The molecule has 5 heteroatoms. The Bertz CT molecular complexity index is 648. The third-order valence-electron chi connectivity index (χ3n) is 2.57. The minimum atomic E-state index is -1.19. The number of hydrogen-bond donors (Lipinski definition) is 1. The number of hydrogen-bond acceptors (Lipinski definition) is 2. The van der Waals surface area contributed by atoms with Gasteiger partial charge in [-0.2, -0.15) is 5.26 Å². The second kappa shape index (κ2) is 5.44. The van der Waals surface area contributed by atoms with Gasteiger partial charge in [-0.05, 0) is 29.8 Å². The standard InChI is InChI=1S/C14H9F3N2/c15-11-3-1-2-9(6-11)8-19-12-5-4-10(7-18)13(16)14(12)17/h1-6,19H,8H2. The third kappa shape index (κ3) is 2.86. The van der Waals surface area contributed by atoms with Crippen molar-refractivity contribution in [3.8, 4) is 6.07 Å². The fourth-order valence-corrected chi connectivity index (χ4v) is 1.62. The number of halogens is 3. The number of nitrogens with one attached hydrogen (secondary N) is 1. The van der Waals surface area contributed by atoms with Gasteiger partial charge in [-0.3, -0.25) is 0 Å². The zero-order valence-electron chi connectivity index (χ0n) is 9.75. The molecule has 0 fully saturated rings. The lowest BCUT2D eigenvalue weighted by molar-refractivity contribution is 0.508. The van der Waals surface area contributed by atoms with E-state index in [0.29, 0.717) is 5.56 Å². The van der Waals surface area contributed by atoms with Gasteiger partial charge in [0.2, 0.25) is 0 Å². The Morgan fingerprint density at radius 1 is 1.05 bits per heavy atom. The largest absolute Gasteiger partial charge is 0.379 e. The molecule has 0 spiro atoms. The van der Waals surface area contributed by atoms with Crippen LogP contribution in [-0.2, 0) is 6.54 Å². The Balaban J connectivity index is 2.17. The molecule has 96 valence electrons. The zero-order valence-corrected chi connectivity index (χ0v) is 9.75. The Kier molecular flexibility index (Phi) is 3.71. The highest BCUT2D eigenvalue weighted by Gasteiger charge is 2.12. The van der Waals surface area contributed by atoms with Crippen molar-refractivity contribution in [1.29, 1.82) is 5.26 Å². The van der Waals surface area contributed by atoms with Crippen molar-refractivity contribution in [2.45, 2.75) is 6.54 Å². The number of nitrogens with zero attached hydrogens (tertiary/aromatic N) is 1. The minimum absolute atomic E-state index is 0.0687. The van der Waals surface area contributed by atoms with Crippen LogP contribution in [0.4, 0.5) is 18.9 Å².